The first-order valence-corrected chi connectivity index (χ1v) is 9.98. The van der Waals surface area contributed by atoms with E-state index in [-0.39, 0.29) is 11.8 Å². The number of nitrogens with zero attached hydrogens (tertiary/aromatic N) is 2. The number of rotatable bonds is 6. The van der Waals surface area contributed by atoms with Crippen LogP contribution in [0.3, 0.4) is 0 Å². The van der Waals surface area contributed by atoms with Gasteiger partial charge in [0.2, 0.25) is 11.8 Å². The highest BCUT2D eigenvalue weighted by molar-refractivity contribution is 6.03. The average molecular weight is 393 g/mol. The fraction of sp³-hybridized carbons (Fsp3) is 0.304. The summed E-state index contributed by atoms with van der Waals surface area (Å²) in [5, 5.41) is 5.73. The summed E-state index contributed by atoms with van der Waals surface area (Å²) in [6.07, 6.45) is 3.29. The molecule has 1 aliphatic rings. The number of carbonyl (C=O) groups is 2. The summed E-state index contributed by atoms with van der Waals surface area (Å²) in [6, 6.07) is 15.3. The van der Waals surface area contributed by atoms with E-state index in [4.69, 9.17) is 0 Å². The van der Waals surface area contributed by atoms with Crippen LogP contribution in [-0.2, 0) is 9.59 Å². The highest BCUT2D eigenvalue weighted by Gasteiger charge is 2.18. The Hall–Kier alpha value is -3.12. The summed E-state index contributed by atoms with van der Waals surface area (Å²) >= 11 is 0. The molecule has 6 heteroatoms. The molecule has 6 nitrogen and oxygen atoms in total. The van der Waals surface area contributed by atoms with Crippen molar-refractivity contribution in [3.63, 3.8) is 0 Å². The highest BCUT2D eigenvalue weighted by Crippen LogP contribution is 2.26. The smallest absolute Gasteiger partial charge is 0.248 e. The van der Waals surface area contributed by atoms with Crippen LogP contribution in [0, 0.1) is 0 Å². The lowest BCUT2D eigenvalue weighted by Crippen LogP contribution is -2.46. The zero-order chi connectivity index (χ0) is 20.6. The van der Waals surface area contributed by atoms with Gasteiger partial charge in [-0.15, -0.1) is 0 Å². The third kappa shape index (κ3) is 5.93. The summed E-state index contributed by atoms with van der Waals surface area (Å²) in [4.78, 5) is 28.3. The first-order valence-electron chi connectivity index (χ1n) is 9.98. The van der Waals surface area contributed by atoms with Gasteiger partial charge in [-0.05, 0) is 42.4 Å². The number of nitrogens with one attached hydrogen (secondary N) is 2. The van der Waals surface area contributed by atoms with Gasteiger partial charge in [0.05, 0.1) is 11.4 Å². The molecule has 2 aromatic carbocycles. The lowest BCUT2D eigenvalue weighted by atomic mass is 10.2. The van der Waals surface area contributed by atoms with Crippen molar-refractivity contribution in [1.29, 1.82) is 0 Å². The van der Waals surface area contributed by atoms with E-state index in [1.54, 1.807) is 6.08 Å². The maximum absolute atomic E-state index is 12.4. The Bertz CT molecular complexity index is 869. The average Bonchev–Trinajstić information content (AvgIpc) is 2.73. The van der Waals surface area contributed by atoms with Gasteiger partial charge in [0.1, 0.15) is 0 Å². The summed E-state index contributed by atoms with van der Waals surface area (Å²) in [5.74, 6) is -0.280. The highest BCUT2D eigenvalue weighted by atomic mass is 16.2. The number of hydrogen-bond acceptors (Lipinski definition) is 4. The van der Waals surface area contributed by atoms with Gasteiger partial charge in [-0.3, -0.25) is 9.59 Å². The van der Waals surface area contributed by atoms with Gasteiger partial charge >= 0.3 is 0 Å². The molecule has 3 rings (SSSR count). The van der Waals surface area contributed by atoms with Gasteiger partial charge in [0, 0.05) is 44.9 Å². The van der Waals surface area contributed by atoms with Crippen molar-refractivity contribution >= 4 is 35.0 Å². The first kappa shape index (κ1) is 20.6. The Morgan fingerprint density at radius 1 is 0.966 bits per heavy atom. The number of benzene rings is 2. The van der Waals surface area contributed by atoms with Crippen LogP contribution in [0.25, 0.3) is 6.08 Å². The normalized spacial score (nSPS) is 14.8. The Kier molecular flexibility index (Phi) is 7.03. The molecule has 2 amide bonds. The molecular formula is C23H28N4O2. The molecule has 2 aromatic rings. The predicted octanol–water partition coefficient (Wildman–Crippen LogP) is 3.44. The van der Waals surface area contributed by atoms with Crippen LogP contribution in [-0.4, -0.2) is 49.4 Å². The SMILES string of the molecule is CCN1CCN(c2ccccc2NC(=O)/C=C/c2ccc(NC(C)=O)cc2)CC1. The van der Waals surface area contributed by atoms with Gasteiger partial charge in [-0.2, -0.15) is 0 Å². The molecule has 0 aliphatic carbocycles. The molecule has 152 valence electrons. The van der Waals surface area contributed by atoms with Crippen molar-refractivity contribution in [3.05, 3.63) is 60.2 Å². The molecule has 1 aliphatic heterocycles. The molecule has 1 heterocycles. The van der Waals surface area contributed by atoms with Crippen molar-refractivity contribution in [2.24, 2.45) is 0 Å². The third-order valence-corrected chi connectivity index (χ3v) is 4.98. The van der Waals surface area contributed by atoms with E-state index in [1.165, 1.54) is 13.0 Å². The van der Waals surface area contributed by atoms with Crippen LogP contribution >= 0.6 is 0 Å². The quantitative estimate of drug-likeness (QED) is 0.739. The molecule has 0 saturated carbocycles. The van der Waals surface area contributed by atoms with Gasteiger partial charge in [-0.25, -0.2) is 0 Å². The second kappa shape index (κ2) is 9.89. The fourth-order valence-corrected chi connectivity index (χ4v) is 3.39. The topological polar surface area (TPSA) is 64.7 Å². The minimum Gasteiger partial charge on any atom is -0.367 e. The van der Waals surface area contributed by atoms with Crippen LogP contribution < -0.4 is 15.5 Å². The molecule has 0 aromatic heterocycles. The Morgan fingerprint density at radius 2 is 1.66 bits per heavy atom. The van der Waals surface area contributed by atoms with Crippen molar-refractivity contribution in [3.8, 4) is 0 Å². The first-order chi connectivity index (χ1) is 14.0. The molecule has 1 fully saturated rings. The van der Waals surface area contributed by atoms with Gasteiger partial charge in [-0.1, -0.05) is 31.2 Å². The van der Waals surface area contributed by atoms with Crippen molar-refractivity contribution in [2.45, 2.75) is 13.8 Å². The van der Waals surface area contributed by atoms with E-state index in [2.05, 4.69) is 33.4 Å². The molecule has 0 bridgehead atoms. The number of piperazine rings is 1. The number of hydrogen-bond donors (Lipinski definition) is 2. The molecule has 0 spiro atoms. The molecule has 0 unspecified atom stereocenters. The molecule has 29 heavy (non-hydrogen) atoms. The fourth-order valence-electron chi connectivity index (χ4n) is 3.39. The number of likely N-dealkylation sites (N-methyl/N-ethyl adjacent to an activating group) is 1. The standard InChI is InChI=1S/C23H28N4O2/c1-3-26-14-16-27(17-15-26)22-7-5-4-6-21(22)25-23(29)13-10-19-8-11-20(12-9-19)24-18(2)28/h4-13H,3,14-17H2,1-2H3,(H,24,28)(H,25,29)/b13-10+. The Morgan fingerprint density at radius 3 is 2.31 bits per heavy atom. The van der Waals surface area contributed by atoms with Gasteiger partial charge in [0.15, 0.2) is 0 Å². The lowest BCUT2D eigenvalue weighted by Gasteiger charge is -2.36. The summed E-state index contributed by atoms with van der Waals surface area (Å²) in [6.45, 7) is 8.71. The molecule has 1 saturated heterocycles. The summed E-state index contributed by atoms with van der Waals surface area (Å²) < 4.78 is 0. The number of amides is 2. The zero-order valence-corrected chi connectivity index (χ0v) is 17.0. The maximum Gasteiger partial charge on any atom is 0.248 e. The second-order valence-corrected chi connectivity index (χ2v) is 7.06. The van der Waals surface area contributed by atoms with E-state index >= 15 is 0 Å². The molecule has 2 N–H and O–H groups in total. The minimum absolute atomic E-state index is 0.109. The van der Waals surface area contributed by atoms with Gasteiger partial charge < -0.3 is 20.4 Å². The molecule has 0 atom stereocenters. The van der Waals surface area contributed by atoms with E-state index in [0.29, 0.717) is 0 Å². The minimum atomic E-state index is -0.171. The van der Waals surface area contributed by atoms with E-state index < -0.39 is 0 Å². The van der Waals surface area contributed by atoms with Crippen molar-refractivity contribution < 1.29 is 9.59 Å². The van der Waals surface area contributed by atoms with Crippen molar-refractivity contribution in [2.75, 3.05) is 48.3 Å². The van der Waals surface area contributed by atoms with Crippen LogP contribution in [0.5, 0.6) is 0 Å². The number of carbonyl (C=O) groups excluding carboxylic acids is 2. The predicted molar refractivity (Wildman–Crippen MR) is 119 cm³/mol. The maximum atomic E-state index is 12.4. The van der Waals surface area contributed by atoms with E-state index in [1.807, 2.05) is 42.5 Å². The van der Waals surface area contributed by atoms with Gasteiger partial charge in [0.25, 0.3) is 0 Å². The van der Waals surface area contributed by atoms with Crippen molar-refractivity contribution in [1.82, 2.24) is 4.90 Å². The van der Waals surface area contributed by atoms with E-state index in [9.17, 15) is 9.59 Å². The molecule has 0 radical (unpaired) electrons. The summed E-state index contributed by atoms with van der Waals surface area (Å²) in [5.41, 5.74) is 3.51. The Labute approximate surface area is 172 Å². The number of anilines is 3. The monoisotopic (exact) mass is 392 g/mol. The zero-order valence-electron chi connectivity index (χ0n) is 17.0. The Balaban J connectivity index is 1.62. The lowest BCUT2D eigenvalue weighted by molar-refractivity contribution is -0.114. The summed E-state index contributed by atoms with van der Waals surface area (Å²) in [7, 11) is 0. The van der Waals surface area contributed by atoms with Crippen LogP contribution in [0.2, 0.25) is 0 Å². The van der Waals surface area contributed by atoms with Crippen LogP contribution in [0.1, 0.15) is 19.4 Å². The molecular weight excluding hydrogens is 364 g/mol. The largest absolute Gasteiger partial charge is 0.367 e. The third-order valence-electron chi connectivity index (χ3n) is 4.98. The second-order valence-electron chi connectivity index (χ2n) is 7.06. The number of para-hydroxylation sites is 2. The van der Waals surface area contributed by atoms with Crippen LogP contribution in [0.15, 0.2) is 54.6 Å². The van der Waals surface area contributed by atoms with Crippen LogP contribution in [0.4, 0.5) is 17.1 Å². The van der Waals surface area contributed by atoms with E-state index in [0.717, 1.165) is 55.3 Å².